The number of nitrogens with one attached hydrogen (secondary N) is 1. The van der Waals surface area contributed by atoms with Crippen molar-refractivity contribution in [2.45, 2.75) is 12.1 Å². The molecule has 0 saturated heterocycles. The highest BCUT2D eigenvalue weighted by Crippen LogP contribution is 2.36. The van der Waals surface area contributed by atoms with Crippen molar-refractivity contribution in [1.29, 1.82) is 0 Å². The summed E-state index contributed by atoms with van der Waals surface area (Å²) in [6, 6.07) is 18.2. The Bertz CT molecular complexity index is 924. The summed E-state index contributed by atoms with van der Waals surface area (Å²) in [5, 5.41) is 2.99. The molecule has 1 aliphatic rings. The Balaban J connectivity index is 0.00000196. The lowest BCUT2D eigenvalue weighted by atomic mass is 10.2. The van der Waals surface area contributed by atoms with Crippen molar-refractivity contribution in [3.8, 4) is 17.0 Å². The van der Waals surface area contributed by atoms with E-state index in [2.05, 4.69) is 51.0 Å². The number of ether oxygens (including phenoxy) is 1. The molecule has 0 atom stereocenters. The Kier molecular flexibility index (Phi) is 6.11. The highest BCUT2D eigenvalue weighted by Gasteiger charge is 2.21. The summed E-state index contributed by atoms with van der Waals surface area (Å²) >= 11 is 5.29. The zero-order valence-corrected chi connectivity index (χ0v) is 18.1. The van der Waals surface area contributed by atoms with E-state index >= 15 is 0 Å². The van der Waals surface area contributed by atoms with Gasteiger partial charge in [-0.05, 0) is 47.1 Å². The number of fused-ring (bicyclic) bond motifs is 1. The first-order chi connectivity index (χ1) is 12.3. The molecule has 0 amide bonds. The van der Waals surface area contributed by atoms with Crippen molar-refractivity contribution in [2.24, 2.45) is 0 Å². The number of aromatic nitrogens is 2. The van der Waals surface area contributed by atoms with Crippen molar-refractivity contribution >= 4 is 50.4 Å². The average Bonchev–Trinajstić information content (AvgIpc) is 3.00. The summed E-state index contributed by atoms with van der Waals surface area (Å²) < 4.78 is 8.39. The first-order valence-corrected chi connectivity index (χ1v) is 9.64. The maximum atomic E-state index is 5.51. The molecule has 0 unspecified atom stereocenters. The van der Waals surface area contributed by atoms with Gasteiger partial charge in [0.2, 0.25) is 0 Å². The fourth-order valence-corrected chi connectivity index (χ4v) is 4.12. The average molecular weight is 495 g/mol. The highest BCUT2D eigenvalue weighted by molar-refractivity contribution is 9.10. The topological polar surface area (TPSA) is 39.1 Å². The molecule has 4 nitrogen and oxygen atoms in total. The van der Waals surface area contributed by atoms with Crippen molar-refractivity contribution in [2.75, 3.05) is 12.0 Å². The molecule has 1 aromatic heterocycles. The van der Waals surface area contributed by atoms with Gasteiger partial charge < -0.3 is 4.74 Å². The van der Waals surface area contributed by atoms with E-state index in [0.29, 0.717) is 6.61 Å². The van der Waals surface area contributed by atoms with Gasteiger partial charge in [-0.15, -0.1) is 17.0 Å². The molecular formula is C19H17Br2N3OS. The standard InChI is InChI=1S/C19H16BrN3OS.BrH/c1-2-24-15-10-8-13(9-11-15)16-12-25-19-21-17(18(20)23(19)22-16)14-6-4-3-5-7-14;/h3-12,22H,2H2,1H3;1H. The number of thioether (sulfide) groups is 1. The minimum Gasteiger partial charge on any atom is -0.494 e. The van der Waals surface area contributed by atoms with Crippen LogP contribution in [0.4, 0.5) is 0 Å². The van der Waals surface area contributed by atoms with Gasteiger partial charge in [0.15, 0.2) is 5.16 Å². The maximum Gasteiger partial charge on any atom is 0.193 e. The van der Waals surface area contributed by atoms with Gasteiger partial charge >= 0.3 is 0 Å². The summed E-state index contributed by atoms with van der Waals surface area (Å²) in [5.41, 5.74) is 7.57. The summed E-state index contributed by atoms with van der Waals surface area (Å²) in [5.74, 6) is 0.881. The van der Waals surface area contributed by atoms with Crippen LogP contribution in [0, 0.1) is 0 Å². The number of benzene rings is 2. The van der Waals surface area contributed by atoms with Gasteiger partial charge in [0, 0.05) is 16.5 Å². The second-order valence-corrected chi connectivity index (χ2v) is 7.04. The molecule has 3 aromatic rings. The lowest BCUT2D eigenvalue weighted by molar-refractivity contribution is 0.340. The van der Waals surface area contributed by atoms with E-state index in [4.69, 9.17) is 9.72 Å². The smallest absolute Gasteiger partial charge is 0.193 e. The van der Waals surface area contributed by atoms with Crippen LogP contribution in [0.3, 0.4) is 0 Å². The van der Waals surface area contributed by atoms with Crippen molar-refractivity contribution in [3.63, 3.8) is 0 Å². The summed E-state index contributed by atoms with van der Waals surface area (Å²) in [6.07, 6.45) is 0. The molecule has 134 valence electrons. The number of rotatable bonds is 4. The minimum absolute atomic E-state index is 0. The molecular weight excluding hydrogens is 478 g/mol. The quantitative estimate of drug-likeness (QED) is 0.487. The van der Waals surface area contributed by atoms with E-state index in [-0.39, 0.29) is 17.0 Å². The largest absolute Gasteiger partial charge is 0.494 e. The van der Waals surface area contributed by atoms with E-state index in [1.54, 1.807) is 11.8 Å². The monoisotopic (exact) mass is 493 g/mol. The van der Waals surface area contributed by atoms with E-state index in [1.165, 1.54) is 0 Å². The Labute approximate surface area is 175 Å². The Morgan fingerprint density at radius 3 is 2.50 bits per heavy atom. The Hall–Kier alpha value is -1.70. The molecule has 0 bridgehead atoms. The first-order valence-electron chi connectivity index (χ1n) is 7.97. The van der Waals surface area contributed by atoms with E-state index in [1.807, 2.05) is 41.9 Å². The predicted octanol–water partition coefficient (Wildman–Crippen LogP) is 5.94. The lowest BCUT2D eigenvalue weighted by Gasteiger charge is -2.19. The van der Waals surface area contributed by atoms with Gasteiger partial charge in [-0.25, -0.2) is 9.66 Å². The lowest BCUT2D eigenvalue weighted by Crippen LogP contribution is -2.17. The molecule has 1 aliphatic heterocycles. The van der Waals surface area contributed by atoms with Gasteiger partial charge in [-0.1, -0.05) is 42.1 Å². The Morgan fingerprint density at radius 1 is 1.08 bits per heavy atom. The third-order valence-corrected chi connectivity index (χ3v) is 5.40. The number of nitrogens with zero attached hydrogens (tertiary/aromatic N) is 2. The number of halogens is 2. The van der Waals surface area contributed by atoms with Gasteiger partial charge in [0.25, 0.3) is 0 Å². The first kappa shape index (κ1) is 19.1. The van der Waals surface area contributed by atoms with Crippen LogP contribution in [0.1, 0.15) is 12.5 Å². The molecule has 0 aliphatic carbocycles. The second kappa shape index (κ2) is 8.33. The van der Waals surface area contributed by atoms with Crippen LogP contribution in [-0.2, 0) is 0 Å². The summed E-state index contributed by atoms with van der Waals surface area (Å²) in [4.78, 5) is 4.74. The van der Waals surface area contributed by atoms with Crippen LogP contribution < -0.4 is 10.2 Å². The molecule has 2 heterocycles. The number of imidazole rings is 1. The number of hydrogen-bond acceptors (Lipinski definition) is 4. The van der Waals surface area contributed by atoms with Gasteiger partial charge in [0.05, 0.1) is 12.3 Å². The molecule has 1 N–H and O–H groups in total. The van der Waals surface area contributed by atoms with Crippen molar-refractivity contribution < 1.29 is 4.74 Å². The van der Waals surface area contributed by atoms with Crippen LogP contribution in [-0.4, -0.2) is 16.3 Å². The second-order valence-electron chi connectivity index (χ2n) is 5.45. The minimum atomic E-state index is 0. The van der Waals surface area contributed by atoms with Crippen LogP contribution in [0.2, 0.25) is 0 Å². The van der Waals surface area contributed by atoms with Gasteiger partial charge in [-0.2, -0.15) is 0 Å². The van der Waals surface area contributed by atoms with Crippen LogP contribution >= 0.6 is 44.7 Å². The SMILES string of the molecule is Br.CCOc1ccc(C2=CSc3nc(-c4ccccc4)c(Br)n3N2)cc1. The highest BCUT2D eigenvalue weighted by atomic mass is 79.9. The van der Waals surface area contributed by atoms with E-state index < -0.39 is 0 Å². The molecule has 4 rings (SSSR count). The summed E-state index contributed by atoms with van der Waals surface area (Å²) in [6.45, 7) is 2.65. The van der Waals surface area contributed by atoms with E-state index in [9.17, 15) is 0 Å². The molecule has 0 spiro atoms. The third-order valence-electron chi connectivity index (χ3n) is 3.83. The predicted molar refractivity (Wildman–Crippen MR) is 116 cm³/mol. The molecule has 26 heavy (non-hydrogen) atoms. The van der Waals surface area contributed by atoms with E-state index in [0.717, 1.165) is 38.0 Å². The molecule has 7 heteroatoms. The summed E-state index contributed by atoms with van der Waals surface area (Å²) in [7, 11) is 0. The van der Waals surface area contributed by atoms with Crippen LogP contribution in [0.5, 0.6) is 5.75 Å². The van der Waals surface area contributed by atoms with Gasteiger partial charge in [0.1, 0.15) is 16.0 Å². The third kappa shape index (κ3) is 3.70. The molecule has 0 fully saturated rings. The normalized spacial score (nSPS) is 12.5. The Morgan fingerprint density at radius 2 is 1.81 bits per heavy atom. The van der Waals surface area contributed by atoms with Gasteiger partial charge in [-0.3, -0.25) is 5.43 Å². The fraction of sp³-hybridized carbons (Fsp3) is 0.105. The zero-order chi connectivity index (χ0) is 17.2. The number of hydrogen-bond donors (Lipinski definition) is 1. The molecule has 0 radical (unpaired) electrons. The molecule has 2 aromatic carbocycles. The fourth-order valence-electron chi connectivity index (χ4n) is 2.63. The van der Waals surface area contributed by atoms with Crippen molar-refractivity contribution in [1.82, 2.24) is 9.66 Å². The molecule has 0 saturated carbocycles. The van der Waals surface area contributed by atoms with Crippen molar-refractivity contribution in [3.05, 3.63) is 70.2 Å². The van der Waals surface area contributed by atoms with Crippen LogP contribution in [0.15, 0.2) is 69.8 Å². The maximum absolute atomic E-state index is 5.51. The van der Waals surface area contributed by atoms with Crippen LogP contribution in [0.25, 0.3) is 17.0 Å². The zero-order valence-electron chi connectivity index (χ0n) is 14.0.